The van der Waals surface area contributed by atoms with Gasteiger partial charge in [-0.1, -0.05) is 0 Å². The molecule has 0 aromatic carbocycles. The Morgan fingerprint density at radius 1 is 1.41 bits per heavy atom. The molecule has 17 heavy (non-hydrogen) atoms. The van der Waals surface area contributed by atoms with E-state index in [0.29, 0.717) is 11.4 Å². The number of aromatic carboxylic acids is 1. The maximum Gasteiger partial charge on any atom is 0.345 e. The Morgan fingerprint density at radius 3 is 2.59 bits per heavy atom. The van der Waals surface area contributed by atoms with Crippen molar-refractivity contribution in [1.82, 2.24) is 4.57 Å². The smallest absolute Gasteiger partial charge is 0.345 e. The first-order valence-electron chi connectivity index (χ1n) is 5.05. The van der Waals surface area contributed by atoms with Gasteiger partial charge in [0.25, 0.3) is 0 Å². The van der Waals surface area contributed by atoms with Gasteiger partial charge in [0.2, 0.25) is 0 Å². The van der Waals surface area contributed by atoms with Gasteiger partial charge in [-0.05, 0) is 18.6 Å². The fourth-order valence-corrected chi connectivity index (χ4v) is 2.40. The number of thiophene rings is 1. The molecule has 0 bridgehead atoms. The number of carboxylic acids is 1. The monoisotopic (exact) mass is 249 g/mol. The first kappa shape index (κ1) is 11.6. The largest absolute Gasteiger partial charge is 0.477 e. The quantitative estimate of drug-likeness (QED) is 0.904. The Hall–Kier alpha value is -1.88. The third-order valence-corrected chi connectivity index (χ3v) is 3.53. The van der Waals surface area contributed by atoms with Gasteiger partial charge in [0.05, 0.1) is 0 Å². The number of carbonyl (C=O) groups is 1. The molecule has 2 rings (SSSR count). The van der Waals surface area contributed by atoms with E-state index in [1.165, 1.54) is 23.5 Å². The Bertz CT molecular complexity index is 592. The molecule has 4 nitrogen and oxygen atoms in total. The molecular weight excluding hydrogens is 238 g/mol. The molecule has 0 aliphatic heterocycles. The predicted molar refractivity (Wildman–Crippen MR) is 65.8 cm³/mol. The van der Waals surface area contributed by atoms with Crippen LogP contribution in [-0.2, 0) is 6.54 Å². The molecule has 0 aliphatic rings. The summed E-state index contributed by atoms with van der Waals surface area (Å²) in [6.45, 7) is 2.48. The predicted octanol–water partition coefficient (Wildman–Crippen LogP) is 1.96. The van der Waals surface area contributed by atoms with Gasteiger partial charge in [0.1, 0.15) is 4.88 Å². The molecule has 0 amide bonds. The topological polar surface area (TPSA) is 59.3 Å². The van der Waals surface area contributed by atoms with Crippen LogP contribution in [0.5, 0.6) is 0 Å². The average Bonchev–Trinajstić information content (AvgIpc) is 2.64. The summed E-state index contributed by atoms with van der Waals surface area (Å²) in [4.78, 5) is 23.1. The van der Waals surface area contributed by atoms with Gasteiger partial charge >= 0.3 is 5.97 Å². The van der Waals surface area contributed by atoms with Gasteiger partial charge in [-0.3, -0.25) is 4.79 Å². The number of aryl methyl sites for hydroxylation is 1. The van der Waals surface area contributed by atoms with Crippen molar-refractivity contribution in [2.24, 2.45) is 0 Å². The van der Waals surface area contributed by atoms with Crippen LogP contribution in [-0.4, -0.2) is 15.6 Å². The van der Waals surface area contributed by atoms with Crippen LogP contribution < -0.4 is 5.43 Å². The van der Waals surface area contributed by atoms with E-state index in [9.17, 15) is 9.59 Å². The van der Waals surface area contributed by atoms with Gasteiger partial charge in [-0.25, -0.2) is 4.79 Å². The van der Waals surface area contributed by atoms with E-state index in [-0.39, 0.29) is 5.43 Å². The highest BCUT2D eigenvalue weighted by molar-refractivity contribution is 7.14. The van der Waals surface area contributed by atoms with E-state index in [4.69, 9.17) is 5.11 Å². The molecule has 2 aromatic heterocycles. The molecule has 0 saturated heterocycles. The SMILES string of the molecule is Cc1sc(C(=O)O)cc1Cn1ccc(=O)cc1. The Morgan fingerprint density at radius 2 is 2.06 bits per heavy atom. The minimum Gasteiger partial charge on any atom is -0.477 e. The van der Waals surface area contributed by atoms with Crippen LogP contribution in [0.2, 0.25) is 0 Å². The standard InChI is InChI=1S/C12H11NO3S/c1-8-9(6-11(17-8)12(15)16)7-13-4-2-10(14)3-5-13/h2-6H,7H2,1H3,(H,15,16). The number of hydrogen-bond acceptors (Lipinski definition) is 3. The lowest BCUT2D eigenvalue weighted by Crippen LogP contribution is -2.04. The lowest BCUT2D eigenvalue weighted by Gasteiger charge is -2.04. The molecule has 0 unspecified atom stereocenters. The summed E-state index contributed by atoms with van der Waals surface area (Å²) < 4.78 is 1.85. The summed E-state index contributed by atoms with van der Waals surface area (Å²) in [5.41, 5.74) is 0.936. The second-order valence-electron chi connectivity index (χ2n) is 3.70. The highest BCUT2D eigenvalue weighted by Crippen LogP contribution is 2.22. The first-order chi connectivity index (χ1) is 8.06. The van der Waals surface area contributed by atoms with E-state index in [0.717, 1.165) is 10.4 Å². The van der Waals surface area contributed by atoms with Crippen molar-refractivity contribution in [3.05, 3.63) is 56.1 Å². The number of carboxylic acid groups (broad SMARTS) is 1. The number of aromatic nitrogens is 1. The second-order valence-corrected chi connectivity index (χ2v) is 4.96. The molecule has 2 aromatic rings. The van der Waals surface area contributed by atoms with E-state index in [2.05, 4.69) is 0 Å². The molecular formula is C12H11NO3S. The summed E-state index contributed by atoms with van der Waals surface area (Å²) in [7, 11) is 0. The average molecular weight is 249 g/mol. The molecule has 2 heterocycles. The fraction of sp³-hybridized carbons (Fsp3) is 0.167. The van der Waals surface area contributed by atoms with Gasteiger partial charge in [-0.15, -0.1) is 11.3 Å². The van der Waals surface area contributed by atoms with Gasteiger partial charge in [0.15, 0.2) is 5.43 Å². The summed E-state index contributed by atoms with van der Waals surface area (Å²) in [6.07, 6.45) is 3.39. The molecule has 0 saturated carbocycles. The zero-order chi connectivity index (χ0) is 12.4. The Kier molecular flexibility index (Phi) is 3.10. The van der Waals surface area contributed by atoms with E-state index in [1.807, 2.05) is 11.5 Å². The fourth-order valence-electron chi connectivity index (χ4n) is 1.53. The molecule has 0 aliphatic carbocycles. The van der Waals surface area contributed by atoms with Crippen LogP contribution in [0.3, 0.4) is 0 Å². The number of rotatable bonds is 3. The van der Waals surface area contributed by atoms with Crippen LogP contribution in [0.4, 0.5) is 0 Å². The molecule has 0 spiro atoms. The Labute approximate surface area is 102 Å². The normalized spacial score (nSPS) is 10.4. The lowest BCUT2D eigenvalue weighted by atomic mass is 10.2. The van der Waals surface area contributed by atoms with Crippen LogP contribution >= 0.6 is 11.3 Å². The summed E-state index contributed by atoms with van der Waals surface area (Å²) >= 11 is 1.27. The third kappa shape index (κ3) is 2.62. The third-order valence-electron chi connectivity index (χ3n) is 2.44. The van der Waals surface area contributed by atoms with Gasteiger partial charge in [0, 0.05) is 35.9 Å². The van der Waals surface area contributed by atoms with Crippen molar-refractivity contribution < 1.29 is 9.90 Å². The zero-order valence-corrected chi connectivity index (χ0v) is 10.0. The first-order valence-corrected chi connectivity index (χ1v) is 5.86. The second kappa shape index (κ2) is 4.55. The maximum atomic E-state index is 10.9. The van der Waals surface area contributed by atoms with E-state index >= 15 is 0 Å². The molecule has 88 valence electrons. The van der Waals surface area contributed by atoms with E-state index < -0.39 is 5.97 Å². The molecule has 5 heteroatoms. The van der Waals surface area contributed by atoms with Crippen molar-refractivity contribution in [2.75, 3.05) is 0 Å². The zero-order valence-electron chi connectivity index (χ0n) is 9.21. The van der Waals surface area contributed by atoms with Crippen LogP contribution in [0, 0.1) is 6.92 Å². The summed E-state index contributed by atoms with van der Waals surface area (Å²) in [6, 6.07) is 4.65. The number of nitrogens with zero attached hydrogens (tertiary/aromatic N) is 1. The highest BCUT2D eigenvalue weighted by atomic mass is 32.1. The van der Waals surface area contributed by atoms with Gasteiger partial charge < -0.3 is 9.67 Å². The Balaban J connectivity index is 2.26. The van der Waals surface area contributed by atoms with Crippen LogP contribution in [0.15, 0.2) is 35.4 Å². The van der Waals surface area contributed by atoms with Crippen molar-refractivity contribution in [3.63, 3.8) is 0 Å². The van der Waals surface area contributed by atoms with Crippen molar-refractivity contribution in [1.29, 1.82) is 0 Å². The van der Waals surface area contributed by atoms with Crippen molar-refractivity contribution in [2.45, 2.75) is 13.5 Å². The molecule has 1 N–H and O–H groups in total. The van der Waals surface area contributed by atoms with E-state index in [1.54, 1.807) is 18.5 Å². The minimum atomic E-state index is -0.899. The van der Waals surface area contributed by atoms with Crippen LogP contribution in [0.1, 0.15) is 20.1 Å². The number of hydrogen-bond donors (Lipinski definition) is 1. The molecule has 0 radical (unpaired) electrons. The van der Waals surface area contributed by atoms with Crippen molar-refractivity contribution in [3.8, 4) is 0 Å². The minimum absolute atomic E-state index is 0.0329. The lowest BCUT2D eigenvalue weighted by molar-refractivity contribution is 0.0702. The highest BCUT2D eigenvalue weighted by Gasteiger charge is 2.10. The maximum absolute atomic E-state index is 10.9. The summed E-state index contributed by atoms with van der Waals surface area (Å²) in [5, 5.41) is 8.89. The molecule has 0 fully saturated rings. The van der Waals surface area contributed by atoms with Crippen molar-refractivity contribution >= 4 is 17.3 Å². The molecule has 0 atom stereocenters. The summed E-state index contributed by atoms with van der Waals surface area (Å²) in [5.74, 6) is -0.899. The number of pyridine rings is 1. The van der Waals surface area contributed by atoms with Gasteiger partial charge in [-0.2, -0.15) is 0 Å². The van der Waals surface area contributed by atoms with Crippen LogP contribution in [0.25, 0.3) is 0 Å².